The molecule has 0 spiro atoms. The van der Waals surface area contributed by atoms with Crippen molar-refractivity contribution in [2.75, 3.05) is 0 Å². The minimum absolute atomic E-state index is 0.409. The fraction of sp³-hybridized carbons (Fsp3) is 0. The Morgan fingerprint density at radius 1 is 0.737 bits per heavy atom. The zero-order valence-electron chi connectivity index (χ0n) is 9.57. The van der Waals surface area contributed by atoms with E-state index < -0.39 is 0 Å². The first kappa shape index (κ1) is 12.7. The monoisotopic (exact) mass is 308 g/mol. The molecule has 2 aromatic carbocycles. The van der Waals surface area contributed by atoms with Crippen LogP contribution < -0.4 is 0 Å². The molecule has 0 saturated heterocycles. The van der Waals surface area contributed by atoms with E-state index in [1.165, 1.54) is 0 Å². The van der Waals surface area contributed by atoms with Crippen LogP contribution in [0.25, 0.3) is 22.3 Å². The molecule has 5 heteroatoms. The summed E-state index contributed by atoms with van der Waals surface area (Å²) in [5.41, 5.74) is 1.57. The molecule has 0 saturated carbocycles. The van der Waals surface area contributed by atoms with Gasteiger partial charge in [0, 0.05) is 21.0 Å². The zero-order valence-corrected chi connectivity index (χ0v) is 11.8. The summed E-state index contributed by atoms with van der Waals surface area (Å²) in [6.45, 7) is 0. The maximum Gasteiger partial charge on any atom is 0.161 e. The lowest BCUT2D eigenvalue weighted by molar-refractivity contribution is 1.23. The second kappa shape index (κ2) is 4.97. The van der Waals surface area contributed by atoms with Crippen molar-refractivity contribution >= 4 is 45.7 Å². The predicted octanol–water partition coefficient (Wildman–Crippen LogP) is 5.26. The fourth-order valence-electron chi connectivity index (χ4n) is 1.79. The molecule has 1 heterocycles. The molecule has 0 bridgehead atoms. The van der Waals surface area contributed by atoms with Gasteiger partial charge < -0.3 is 0 Å². The van der Waals surface area contributed by atoms with Crippen LogP contribution >= 0.6 is 34.8 Å². The van der Waals surface area contributed by atoms with Crippen LogP contribution in [0.15, 0.2) is 42.5 Å². The number of benzene rings is 2. The number of nitrogens with zero attached hydrogens (tertiary/aromatic N) is 2. The summed E-state index contributed by atoms with van der Waals surface area (Å²) in [7, 11) is 0. The number of hydrogen-bond acceptors (Lipinski definition) is 2. The van der Waals surface area contributed by atoms with Gasteiger partial charge >= 0.3 is 0 Å². The molecule has 2 nitrogen and oxygen atoms in total. The normalized spacial score (nSPS) is 10.9. The van der Waals surface area contributed by atoms with Gasteiger partial charge in [-0.1, -0.05) is 34.8 Å². The van der Waals surface area contributed by atoms with Gasteiger partial charge in [-0.15, -0.1) is 0 Å². The Kier molecular flexibility index (Phi) is 3.31. The van der Waals surface area contributed by atoms with Gasteiger partial charge in [0.05, 0.1) is 5.52 Å². The Morgan fingerprint density at radius 3 is 2.16 bits per heavy atom. The van der Waals surface area contributed by atoms with Crippen molar-refractivity contribution in [3.05, 3.63) is 57.7 Å². The lowest BCUT2D eigenvalue weighted by Crippen LogP contribution is -1.91. The molecule has 3 aromatic rings. The van der Waals surface area contributed by atoms with Gasteiger partial charge in [-0.3, -0.25) is 0 Å². The van der Waals surface area contributed by atoms with E-state index >= 15 is 0 Å². The van der Waals surface area contributed by atoms with Gasteiger partial charge in [0.1, 0.15) is 5.15 Å². The molecular formula is C14H7Cl3N2. The lowest BCUT2D eigenvalue weighted by Gasteiger charge is -2.05. The van der Waals surface area contributed by atoms with Crippen LogP contribution in [0.5, 0.6) is 0 Å². The van der Waals surface area contributed by atoms with E-state index in [1.807, 2.05) is 18.2 Å². The van der Waals surface area contributed by atoms with Gasteiger partial charge in [0.2, 0.25) is 0 Å². The average molecular weight is 310 g/mol. The largest absolute Gasteiger partial charge is 0.228 e. The van der Waals surface area contributed by atoms with E-state index in [0.29, 0.717) is 21.0 Å². The Bertz CT molecular complexity index is 754. The summed E-state index contributed by atoms with van der Waals surface area (Å²) in [4.78, 5) is 8.77. The minimum Gasteiger partial charge on any atom is -0.228 e. The molecule has 19 heavy (non-hydrogen) atoms. The highest BCUT2D eigenvalue weighted by Gasteiger charge is 2.08. The Labute approximate surface area is 125 Å². The quantitative estimate of drug-likeness (QED) is 0.573. The van der Waals surface area contributed by atoms with Crippen molar-refractivity contribution < 1.29 is 0 Å². The molecule has 0 aliphatic rings. The number of halogens is 3. The summed E-state index contributed by atoms with van der Waals surface area (Å²) >= 11 is 18.0. The lowest BCUT2D eigenvalue weighted by atomic mass is 10.2. The summed E-state index contributed by atoms with van der Waals surface area (Å²) in [5.74, 6) is 0.552. The summed E-state index contributed by atoms with van der Waals surface area (Å²) < 4.78 is 0. The molecule has 0 N–H and O–H groups in total. The van der Waals surface area contributed by atoms with Crippen LogP contribution in [0.3, 0.4) is 0 Å². The molecule has 0 amide bonds. The molecule has 0 aliphatic heterocycles. The molecule has 1 aromatic heterocycles. The molecule has 0 aliphatic carbocycles. The molecule has 3 rings (SSSR count). The van der Waals surface area contributed by atoms with E-state index in [9.17, 15) is 0 Å². The Hall–Kier alpha value is -1.35. The van der Waals surface area contributed by atoms with Crippen LogP contribution in [0.4, 0.5) is 0 Å². The molecule has 0 unspecified atom stereocenters. The first-order valence-corrected chi connectivity index (χ1v) is 6.65. The Balaban J connectivity index is 2.22. The summed E-state index contributed by atoms with van der Waals surface area (Å²) in [6, 6.07) is 12.6. The van der Waals surface area contributed by atoms with Gasteiger partial charge in [-0.2, -0.15) is 0 Å². The molecule has 0 radical (unpaired) electrons. The van der Waals surface area contributed by atoms with E-state index in [0.717, 1.165) is 16.5 Å². The second-order valence-electron chi connectivity index (χ2n) is 4.01. The standard InChI is InChI=1S/C14H7Cl3N2/c15-9-3-1-8(2-4-9)14-18-12-7-10(16)5-6-11(12)13(17)19-14/h1-7H. The van der Waals surface area contributed by atoms with Crippen LogP contribution in [0, 0.1) is 0 Å². The molecule has 94 valence electrons. The van der Waals surface area contributed by atoms with Gasteiger partial charge in [-0.25, -0.2) is 9.97 Å². The number of aromatic nitrogens is 2. The predicted molar refractivity (Wildman–Crippen MR) is 80.0 cm³/mol. The first-order chi connectivity index (χ1) is 9.13. The smallest absolute Gasteiger partial charge is 0.161 e. The van der Waals surface area contributed by atoms with Gasteiger partial charge in [-0.05, 0) is 42.5 Å². The highest BCUT2D eigenvalue weighted by atomic mass is 35.5. The van der Waals surface area contributed by atoms with E-state index in [4.69, 9.17) is 34.8 Å². The van der Waals surface area contributed by atoms with Crippen molar-refractivity contribution in [3.63, 3.8) is 0 Å². The van der Waals surface area contributed by atoms with Crippen LogP contribution in [0.1, 0.15) is 0 Å². The van der Waals surface area contributed by atoms with Crippen molar-refractivity contribution in [1.82, 2.24) is 9.97 Å². The highest BCUT2D eigenvalue weighted by molar-refractivity contribution is 6.35. The van der Waals surface area contributed by atoms with Crippen molar-refractivity contribution in [1.29, 1.82) is 0 Å². The van der Waals surface area contributed by atoms with Crippen molar-refractivity contribution in [2.45, 2.75) is 0 Å². The second-order valence-corrected chi connectivity index (χ2v) is 5.24. The maximum atomic E-state index is 6.18. The van der Waals surface area contributed by atoms with Crippen LogP contribution in [0.2, 0.25) is 15.2 Å². The minimum atomic E-state index is 0.409. The molecular weight excluding hydrogens is 303 g/mol. The average Bonchev–Trinajstić information content (AvgIpc) is 2.38. The SMILES string of the molecule is Clc1ccc(-c2nc(Cl)c3ccc(Cl)cc3n2)cc1. The number of fused-ring (bicyclic) bond motifs is 1. The first-order valence-electron chi connectivity index (χ1n) is 5.52. The molecule has 0 fully saturated rings. The zero-order chi connectivity index (χ0) is 13.4. The third-order valence-electron chi connectivity index (χ3n) is 2.71. The summed E-state index contributed by atoms with van der Waals surface area (Å²) in [6.07, 6.45) is 0. The van der Waals surface area contributed by atoms with Crippen molar-refractivity contribution in [2.24, 2.45) is 0 Å². The topological polar surface area (TPSA) is 25.8 Å². The number of rotatable bonds is 1. The third kappa shape index (κ3) is 2.52. The van der Waals surface area contributed by atoms with Crippen LogP contribution in [-0.4, -0.2) is 9.97 Å². The molecule has 0 atom stereocenters. The van der Waals surface area contributed by atoms with E-state index in [-0.39, 0.29) is 0 Å². The number of hydrogen-bond donors (Lipinski definition) is 0. The van der Waals surface area contributed by atoms with Crippen molar-refractivity contribution in [3.8, 4) is 11.4 Å². The van der Waals surface area contributed by atoms with Gasteiger partial charge in [0.25, 0.3) is 0 Å². The van der Waals surface area contributed by atoms with E-state index in [2.05, 4.69) is 9.97 Å². The maximum absolute atomic E-state index is 6.18. The Morgan fingerprint density at radius 2 is 1.42 bits per heavy atom. The van der Waals surface area contributed by atoms with Gasteiger partial charge in [0.15, 0.2) is 5.82 Å². The van der Waals surface area contributed by atoms with E-state index in [1.54, 1.807) is 24.3 Å². The van der Waals surface area contributed by atoms with Crippen LogP contribution in [-0.2, 0) is 0 Å². The summed E-state index contributed by atoms with van der Waals surface area (Å²) in [5, 5.41) is 2.47. The third-order valence-corrected chi connectivity index (χ3v) is 3.49. The fourth-order valence-corrected chi connectivity index (χ4v) is 2.32. The highest BCUT2D eigenvalue weighted by Crippen LogP contribution is 2.27.